The molecule has 0 amide bonds. The Balaban J connectivity index is 2.49. The Morgan fingerprint density at radius 1 is 1.32 bits per heavy atom. The molecule has 9 heteroatoms. The van der Waals surface area contributed by atoms with Crippen molar-refractivity contribution in [2.45, 2.75) is 4.90 Å². The molecule has 0 aromatic carbocycles. The average Bonchev–Trinajstić information content (AvgIpc) is 2.29. The number of sulfonamides is 1. The van der Waals surface area contributed by atoms with Gasteiger partial charge in [-0.25, -0.2) is 13.2 Å². The van der Waals surface area contributed by atoms with E-state index < -0.39 is 26.2 Å². The van der Waals surface area contributed by atoms with Gasteiger partial charge in [-0.15, -0.1) is 0 Å². The lowest BCUT2D eigenvalue weighted by molar-refractivity contribution is 0.117. The predicted octanol–water partition coefficient (Wildman–Crippen LogP) is -2.30. The Labute approximate surface area is 109 Å². The normalized spacial score (nSPS) is 17.4. The molecule has 1 aromatic heterocycles. The van der Waals surface area contributed by atoms with E-state index in [0.717, 1.165) is 19.6 Å². The van der Waals surface area contributed by atoms with E-state index in [9.17, 15) is 18.0 Å². The highest BCUT2D eigenvalue weighted by Gasteiger charge is 2.38. The molecule has 1 aromatic rings. The number of aliphatic hydroxyl groups excluding tert-OH is 1. The van der Waals surface area contributed by atoms with E-state index in [-0.39, 0.29) is 25.6 Å². The van der Waals surface area contributed by atoms with E-state index in [1.54, 1.807) is 0 Å². The Morgan fingerprint density at radius 2 is 1.89 bits per heavy atom. The number of aliphatic hydroxyl groups is 1. The maximum Gasteiger partial charge on any atom is 0.330 e. The van der Waals surface area contributed by atoms with Crippen LogP contribution in [0.4, 0.5) is 0 Å². The van der Waals surface area contributed by atoms with Crippen LogP contribution in [-0.4, -0.2) is 46.7 Å². The minimum absolute atomic E-state index is 0.0860. The van der Waals surface area contributed by atoms with Crippen LogP contribution in [0.5, 0.6) is 0 Å². The predicted molar refractivity (Wildman–Crippen MR) is 66.3 cm³/mol. The van der Waals surface area contributed by atoms with Gasteiger partial charge in [0.25, 0.3) is 5.56 Å². The maximum atomic E-state index is 12.2. The van der Waals surface area contributed by atoms with Crippen LogP contribution in [0, 0.1) is 5.92 Å². The highest BCUT2D eigenvalue weighted by Crippen LogP contribution is 2.22. The average molecular weight is 289 g/mol. The van der Waals surface area contributed by atoms with Gasteiger partial charge in [-0.1, -0.05) is 0 Å². The molecule has 1 saturated heterocycles. The third-order valence-electron chi connectivity index (χ3n) is 3.21. The van der Waals surface area contributed by atoms with Gasteiger partial charge in [0.2, 0.25) is 10.0 Å². The monoisotopic (exact) mass is 289 g/mol. The molecule has 1 aliphatic rings. The minimum Gasteiger partial charge on any atom is -0.396 e. The van der Waals surface area contributed by atoms with E-state index in [2.05, 4.69) is 0 Å². The number of aryl methyl sites for hydroxylation is 1. The number of hydrogen-bond acceptors (Lipinski definition) is 5. The van der Waals surface area contributed by atoms with Crippen LogP contribution in [0.25, 0.3) is 0 Å². The maximum absolute atomic E-state index is 12.2. The van der Waals surface area contributed by atoms with Gasteiger partial charge >= 0.3 is 5.69 Å². The van der Waals surface area contributed by atoms with Crippen molar-refractivity contribution in [1.82, 2.24) is 13.4 Å². The molecule has 1 aliphatic heterocycles. The molecule has 0 atom stereocenters. The van der Waals surface area contributed by atoms with Gasteiger partial charge in [-0.05, 0) is 0 Å². The molecule has 19 heavy (non-hydrogen) atoms. The molecular weight excluding hydrogens is 274 g/mol. The zero-order chi connectivity index (χ0) is 14.4. The lowest BCUT2D eigenvalue weighted by Gasteiger charge is -2.36. The largest absolute Gasteiger partial charge is 0.396 e. The summed E-state index contributed by atoms with van der Waals surface area (Å²) in [5.41, 5.74) is -1.42. The molecule has 1 N–H and O–H groups in total. The van der Waals surface area contributed by atoms with Gasteiger partial charge in [0.15, 0.2) is 4.90 Å². The minimum atomic E-state index is -3.91. The highest BCUT2D eigenvalue weighted by molar-refractivity contribution is 7.89. The third kappa shape index (κ3) is 2.13. The first-order valence-electron chi connectivity index (χ1n) is 5.66. The van der Waals surface area contributed by atoms with Gasteiger partial charge < -0.3 is 9.67 Å². The van der Waals surface area contributed by atoms with E-state index in [1.165, 1.54) is 14.1 Å². The van der Waals surface area contributed by atoms with Gasteiger partial charge in [0.1, 0.15) is 0 Å². The van der Waals surface area contributed by atoms with Crippen LogP contribution in [-0.2, 0) is 24.1 Å². The summed E-state index contributed by atoms with van der Waals surface area (Å²) in [7, 11) is -1.29. The summed E-state index contributed by atoms with van der Waals surface area (Å²) >= 11 is 0. The number of aromatic nitrogens is 2. The second-order valence-electron chi connectivity index (χ2n) is 4.62. The van der Waals surface area contributed by atoms with Crippen molar-refractivity contribution < 1.29 is 13.5 Å². The van der Waals surface area contributed by atoms with Crippen molar-refractivity contribution in [3.05, 3.63) is 27.0 Å². The molecule has 8 nitrogen and oxygen atoms in total. The van der Waals surface area contributed by atoms with Crippen molar-refractivity contribution in [2.24, 2.45) is 20.0 Å². The van der Waals surface area contributed by atoms with E-state index in [0.29, 0.717) is 0 Å². The highest BCUT2D eigenvalue weighted by atomic mass is 32.2. The number of nitrogens with zero attached hydrogens (tertiary/aromatic N) is 3. The molecule has 0 radical (unpaired) electrons. The Hall–Kier alpha value is -1.45. The first kappa shape index (κ1) is 14.0. The van der Waals surface area contributed by atoms with Crippen LogP contribution in [0.15, 0.2) is 20.7 Å². The van der Waals surface area contributed by atoms with Crippen LogP contribution in [0.3, 0.4) is 0 Å². The van der Waals surface area contributed by atoms with Crippen LogP contribution in [0.1, 0.15) is 0 Å². The van der Waals surface area contributed by atoms with Gasteiger partial charge in [0.05, 0.1) is 0 Å². The summed E-state index contributed by atoms with van der Waals surface area (Å²) in [4.78, 5) is 23.0. The molecule has 0 saturated carbocycles. The smallest absolute Gasteiger partial charge is 0.330 e. The summed E-state index contributed by atoms with van der Waals surface area (Å²) in [5.74, 6) is -0.0915. The molecule has 0 bridgehead atoms. The molecule has 0 unspecified atom stereocenters. The number of rotatable bonds is 3. The fraction of sp³-hybridized carbons (Fsp3) is 0.600. The Kier molecular flexibility index (Phi) is 3.37. The van der Waals surface area contributed by atoms with Crippen molar-refractivity contribution in [1.29, 1.82) is 0 Å². The summed E-state index contributed by atoms with van der Waals surface area (Å²) < 4.78 is 27.4. The van der Waals surface area contributed by atoms with Crippen molar-refractivity contribution in [3.8, 4) is 0 Å². The van der Waals surface area contributed by atoms with Crippen LogP contribution < -0.4 is 11.2 Å². The standard InChI is InChI=1S/C10H15N3O5S/c1-11-5-8(9(15)12(2)10(11)16)19(17,18)13-3-7(4-13)6-14/h5,7,14H,3-4,6H2,1-2H3. The SMILES string of the molecule is Cn1cc(S(=O)(=O)N2CC(CO)C2)c(=O)n(C)c1=O. The Morgan fingerprint density at radius 3 is 2.42 bits per heavy atom. The van der Waals surface area contributed by atoms with Gasteiger partial charge in [-0.2, -0.15) is 4.31 Å². The molecule has 2 rings (SSSR count). The van der Waals surface area contributed by atoms with Crippen LogP contribution in [0.2, 0.25) is 0 Å². The van der Waals surface area contributed by atoms with Gasteiger partial charge in [-0.3, -0.25) is 9.36 Å². The fourth-order valence-corrected chi connectivity index (χ4v) is 3.67. The van der Waals surface area contributed by atoms with Crippen molar-refractivity contribution >= 4 is 10.0 Å². The quantitative estimate of drug-likeness (QED) is 0.674. The summed E-state index contributed by atoms with van der Waals surface area (Å²) in [6.07, 6.45) is 1.03. The molecule has 2 heterocycles. The number of hydrogen-bond donors (Lipinski definition) is 1. The van der Waals surface area contributed by atoms with E-state index >= 15 is 0 Å². The van der Waals surface area contributed by atoms with Crippen molar-refractivity contribution in [2.75, 3.05) is 19.7 Å². The first-order valence-corrected chi connectivity index (χ1v) is 7.10. The topological polar surface area (TPSA) is 102 Å². The second-order valence-corrected chi connectivity index (χ2v) is 6.53. The van der Waals surface area contributed by atoms with Crippen molar-refractivity contribution in [3.63, 3.8) is 0 Å². The van der Waals surface area contributed by atoms with E-state index in [1.807, 2.05) is 0 Å². The molecule has 0 spiro atoms. The zero-order valence-corrected chi connectivity index (χ0v) is 11.4. The Bertz CT molecular complexity index is 712. The second kappa shape index (κ2) is 4.58. The molecule has 0 aliphatic carbocycles. The third-order valence-corrected chi connectivity index (χ3v) is 5.03. The molecule has 1 fully saturated rings. The molecule has 106 valence electrons. The zero-order valence-electron chi connectivity index (χ0n) is 10.6. The first-order chi connectivity index (χ1) is 8.78. The lowest BCUT2D eigenvalue weighted by atomic mass is 10.1. The lowest BCUT2D eigenvalue weighted by Crippen LogP contribution is -2.53. The summed E-state index contributed by atoms with van der Waals surface area (Å²) in [6, 6.07) is 0. The fourth-order valence-electron chi connectivity index (χ4n) is 1.93. The summed E-state index contributed by atoms with van der Waals surface area (Å²) in [6.45, 7) is 0.285. The van der Waals surface area contributed by atoms with Crippen LogP contribution >= 0.6 is 0 Å². The van der Waals surface area contributed by atoms with Gasteiger partial charge in [0, 0.05) is 45.9 Å². The summed E-state index contributed by atoms with van der Waals surface area (Å²) in [5, 5.41) is 8.89. The molecular formula is C10H15N3O5S. The van der Waals surface area contributed by atoms with E-state index in [4.69, 9.17) is 5.11 Å².